The standard InChI is InChI=1S/C29H28N2O6/c1-16(2)37-29(35)19-8-6-10-21(14-19)31-24(20-9-7-11-30-15-20)23(26(33)28(31)34)25(32)22-13-17(3)12-18(4)27(22)36-5/h6-16,24,32H,1-5H3/b25-23+. The number of pyridine rings is 1. The molecule has 190 valence electrons. The van der Waals surface area contributed by atoms with Gasteiger partial charge in [-0.3, -0.25) is 19.5 Å². The number of aliphatic hydroxyl groups is 1. The van der Waals surface area contributed by atoms with Gasteiger partial charge in [0.15, 0.2) is 0 Å². The van der Waals surface area contributed by atoms with E-state index >= 15 is 0 Å². The van der Waals surface area contributed by atoms with Gasteiger partial charge < -0.3 is 14.6 Å². The molecule has 0 spiro atoms. The summed E-state index contributed by atoms with van der Waals surface area (Å²) < 4.78 is 10.8. The molecule has 2 heterocycles. The van der Waals surface area contributed by atoms with E-state index in [1.165, 1.54) is 24.3 Å². The van der Waals surface area contributed by atoms with E-state index in [2.05, 4.69) is 4.98 Å². The second kappa shape index (κ2) is 10.3. The maximum atomic E-state index is 13.5. The van der Waals surface area contributed by atoms with E-state index in [0.29, 0.717) is 22.6 Å². The van der Waals surface area contributed by atoms with Crippen LogP contribution >= 0.6 is 0 Å². The Balaban J connectivity index is 1.94. The van der Waals surface area contributed by atoms with Crippen molar-refractivity contribution in [1.82, 2.24) is 4.98 Å². The maximum Gasteiger partial charge on any atom is 0.338 e. The molecule has 4 rings (SSSR count). The third-order valence-electron chi connectivity index (χ3n) is 6.03. The molecule has 1 saturated heterocycles. The van der Waals surface area contributed by atoms with Crippen molar-refractivity contribution < 1.29 is 29.0 Å². The molecule has 0 aliphatic carbocycles. The molecule has 2 aromatic carbocycles. The highest BCUT2D eigenvalue weighted by Crippen LogP contribution is 2.43. The number of carbonyl (C=O) groups excluding carboxylic acids is 3. The lowest BCUT2D eigenvalue weighted by molar-refractivity contribution is -0.132. The SMILES string of the molecule is COc1c(C)cc(C)cc1/C(O)=C1\C(=O)C(=O)N(c2cccc(C(=O)OC(C)C)c2)C1c1cccnc1. The van der Waals surface area contributed by atoms with Crippen LogP contribution in [0.4, 0.5) is 5.69 Å². The molecule has 1 atom stereocenters. The summed E-state index contributed by atoms with van der Waals surface area (Å²) in [5, 5.41) is 11.5. The van der Waals surface area contributed by atoms with Crippen molar-refractivity contribution in [3.63, 3.8) is 0 Å². The quantitative estimate of drug-likeness (QED) is 0.222. The molecular formula is C29H28N2O6. The van der Waals surface area contributed by atoms with E-state index in [-0.39, 0.29) is 23.0 Å². The van der Waals surface area contributed by atoms with Gasteiger partial charge in [-0.1, -0.05) is 18.2 Å². The number of benzene rings is 2. The molecule has 8 heteroatoms. The number of ether oxygens (including phenoxy) is 2. The molecular weight excluding hydrogens is 472 g/mol. The van der Waals surface area contributed by atoms with Crippen LogP contribution in [0.2, 0.25) is 0 Å². The molecule has 1 aromatic heterocycles. The summed E-state index contributed by atoms with van der Waals surface area (Å²) in [6.45, 7) is 7.18. The lowest BCUT2D eigenvalue weighted by atomic mass is 9.94. The molecule has 1 unspecified atom stereocenters. The van der Waals surface area contributed by atoms with E-state index in [4.69, 9.17) is 9.47 Å². The number of rotatable bonds is 6. The Morgan fingerprint density at radius 2 is 1.84 bits per heavy atom. The third-order valence-corrected chi connectivity index (χ3v) is 6.03. The number of Topliss-reactive ketones (excluding diaryl/α,β-unsaturated/α-hetero) is 1. The summed E-state index contributed by atoms with van der Waals surface area (Å²) in [7, 11) is 1.48. The highest BCUT2D eigenvalue weighted by molar-refractivity contribution is 6.51. The first-order valence-corrected chi connectivity index (χ1v) is 11.8. The van der Waals surface area contributed by atoms with Gasteiger partial charge in [0.2, 0.25) is 0 Å². The molecule has 1 aliphatic rings. The van der Waals surface area contributed by atoms with E-state index in [0.717, 1.165) is 11.1 Å². The minimum absolute atomic E-state index is 0.100. The summed E-state index contributed by atoms with van der Waals surface area (Å²) in [5.41, 5.74) is 2.88. The molecule has 0 bridgehead atoms. The fourth-order valence-electron chi connectivity index (χ4n) is 4.56. The topological polar surface area (TPSA) is 106 Å². The first-order chi connectivity index (χ1) is 17.6. The Bertz CT molecular complexity index is 1410. The first kappa shape index (κ1) is 25.6. The van der Waals surface area contributed by atoms with Crippen molar-refractivity contribution in [2.45, 2.75) is 39.8 Å². The molecule has 0 radical (unpaired) electrons. The molecule has 37 heavy (non-hydrogen) atoms. The van der Waals surface area contributed by atoms with E-state index < -0.39 is 23.7 Å². The minimum atomic E-state index is -0.990. The van der Waals surface area contributed by atoms with Crippen LogP contribution < -0.4 is 9.64 Å². The molecule has 1 aliphatic heterocycles. The summed E-state index contributed by atoms with van der Waals surface area (Å²) in [6.07, 6.45) is 2.78. The highest BCUT2D eigenvalue weighted by Gasteiger charge is 2.47. The van der Waals surface area contributed by atoms with Gasteiger partial charge in [-0.25, -0.2) is 4.79 Å². The molecule has 0 saturated carbocycles. The molecule has 3 aromatic rings. The maximum absolute atomic E-state index is 13.5. The second-order valence-electron chi connectivity index (χ2n) is 9.12. The van der Waals surface area contributed by atoms with Gasteiger partial charge in [0.05, 0.1) is 36.0 Å². The zero-order valence-electron chi connectivity index (χ0n) is 21.3. The molecule has 1 N–H and O–H groups in total. The molecule has 1 fully saturated rings. The van der Waals surface area contributed by atoms with E-state index in [9.17, 15) is 19.5 Å². The number of ketones is 1. The zero-order valence-corrected chi connectivity index (χ0v) is 21.3. The summed E-state index contributed by atoms with van der Waals surface area (Å²) in [4.78, 5) is 44.9. The van der Waals surface area contributed by atoms with Crippen LogP contribution in [-0.2, 0) is 14.3 Å². The van der Waals surface area contributed by atoms with E-state index in [1.54, 1.807) is 56.4 Å². The van der Waals surface area contributed by atoms with Crippen molar-refractivity contribution in [2.24, 2.45) is 0 Å². The number of aliphatic hydroxyl groups excluding tert-OH is 1. The minimum Gasteiger partial charge on any atom is -0.507 e. The summed E-state index contributed by atoms with van der Waals surface area (Å²) in [6, 6.07) is 12.3. The Morgan fingerprint density at radius 1 is 1.08 bits per heavy atom. The Hall–Kier alpha value is -4.46. The van der Waals surface area contributed by atoms with Crippen LogP contribution in [0.15, 0.2) is 66.5 Å². The number of aromatic nitrogens is 1. The predicted molar refractivity (Wildman–Crippen MR) is 138 cm³/mol. The average Bonchev–Trinajstić information content (AvgIpc) is 3.13. The Labute approximate surface area is 215 Å². The molecule has 8 nitrogen and oxygen atoms in total. The fraction of sp³-hybridized carbons (Fsp3) is 0.241. The number of hydrogen-bond donors (Lipinski definition) is 1. The Morgan fingerprint density at radius 3 is 2.49 bits per heavy atom. The van der Waals surface area contributed by atoms with Gasteiger partial charge in [-0.15, -0.1) is 0 Å². The van der Waals surface area contributed by atoms with Crippen LogP contribution in [0.25, 0.3) is 5.76 Å². The van der Waals surface area contributed by atoms with Crippen LogP contribution in [0.3, 0.4) is 0 Å². The van der Waals surface area contributed by atoms with Gasteiger partial charge in [0, 0.05) is 18.1 Å². The largest absolute Gasteiger partial charge is 0.507 e. The van der Waals surface area contributed by atoms with Crippen molar-refractivity contribution in [3.8, 4) is 5.75 Å². The van der Waals surface area contributed by atoms with Crippen LogP contribution in [0.5, 0.6) is 5.75 Å². The Kier molecular flexibility index (Phi) is 7.11. The van der Waals surface area contributed by atoms with Crippen LogP contribution in [0.1, 0.15) is 52.5 Å². The summed E-state index contributed by atoms with van der Waals surface area (Å²) >= 11 is 0. The van der Waals surface area contributed by atoms with Crippen molar-refractivity contribution in [3.05, 3.63) is 94.3 Å². The van der Waals surface area contributed by atoms with Crippen molar-refractivity contribution in [2.75, 3.05) is 12.0 Å². The second-order valence-corrected chi connectivity index (χ2v) is 9.12. The van der Waals surface area contributed by atoms with E-state index in [1.807, 2.05) is 19.9 Å². The van der Waals surface area contributed by atoms with Gasteiger partial charge >= 0.3 is 5.97 Å². The number of amides is 1. The van der Waals surface area contributed by atoms with Crippen molar-refractivity contribution >= 4 is 29.1 Å². The smallest absolute Gasteiger partial charge is 0.338 e. The monoisotopic (exact) mass is 500 g/mol. The predicted octanol–water partition coefficient (Wildman–Crippen LogP) is 4.90. The lowest BCUT2D eigenvalue weighted by Crippen LogP contribution is -2.29. The number of esters is 1. The lowest BCUT2D eigenvalue weighted by Gasteiger charge is -2.25. The van der Waals surface area contributed by atoms with Gasteiger partial charge in [0.1, 0.15) is 11.5 Å². The summed E-state index contributed by atoms with van der Waals surface area (Å²) in [5.74, 6) is -2.20. The fourth-order valence-corrected chi connectivity index (χ4v) is 4.56. The highest BCUT2D eigenvalue weighted by atomic mass is 16.5. The number of anilines is 1. The van der Waals surface area contributed by atoms with Gasteiger partial charge in [-0.05, 0) is 74.7 Å². The number of methoxy groups -OCH3 is 1. The average molecular weight is 501 g/mol. The van der Waals surface area contributed by atoms with Crippen molar-refractivity contribution in [1.29, 1.82) is 0 Å². The first-order valence-electron chi connectivity index (χ1n) is 11.8. The third kappa shape index (κ3) is 4.82. The zero-order chi connectivity index (χ0) is 26.9. The van der Waals surface area contributed by atoms with Gasteiger partial charge in [-0.2, -0.15) is 0 Å². The normalized spacial score (nSPS) is 16.8. The van der Waals surface area contributed by atoms with Crippen LogP contribution in [0, 0.1) is 13.8 Å². The van der Waals surface area contributed by atoms with Gasteiger partial charge in [0.25, 0.3) is 11.7 Å². The molecule has 1 amide bonds. The number of nitrogens with zero attached hydrogens (tertiary/aromatic N) is 2. The number of carbonyl (C=O) groups is 3. The number of aryl methyl sites for hydroxylation is 2. The number of hydrogen-bond acceptors (Lipinski definition) is 7. The van der Waals surface area contributed by atoms with Crippen LogP contribution in [-0.4, -0.2) is 41.0 Å².